The van der Waals surface area contributed by atoms with E-state index in [1.165, 1.54) is 4.58 Å². The molecule has 2 radical (unpaired) electrons. The van der Waals surface area contributed by atoms with Gasteiger partial charge in [0.1, 0.15) is 0 Å². The van der Waals surface area contributed by atoms with Crippen molar-refractivity contribution in [3.05, 3.63) is 24.3 Å². The number of anilines is 1. The molecule has 0 aromatic heterocycles. The zero-order chi connectivity index (χ0) is 7.56. The minimum atomic E-state index is 0.875. The van der Waals surface area contributed by atoms with E-state index >= 15 is 0 Å². The fourth-order valence-electron chi connectivity index (χ4n) is 0.683. The molecule has 0 fully saturated rings. The lowest BCUT2D eigenvalue weighted by Gasteiger charge is -2.13. The van der Waals surface area contributed by atoms with Crippen LogP contribution in [0.5, 0.6) is 0 Å². The summed E-state index contributed by atoms with van der Waals surface area (Å²) in [4.78, 5) is 0.875. The Morgan fingerprint density at radius 1 is 1.40 bits per heavy atom. The minimum Gasteiger partial charge on any atom is -0.409 e. The summed E-state index contributed by atoms with van der Waals surface area (Å²) in [6.07, 6.45) is 0. The number of para-hydroxylation sites is 1. The molecule has 0 bridgehead atoms. The normalized spacial score (nSPS) is 9.40. The summed E-state index contributed by atoms with van der Waals surface area (Å²) >= 11 is 4.20. The molecule has 0 heterocycles. The van der Waals surface area contributed by atoms with Crippen LogP contribution < -0.4 is 4.58 Å². The second-order valence-electron chi connectivity index (χ2n) is 1.90. The van der Waals surface area contributed by atoms with Gasteiger partial charge in [0.25, 0.3) is 0 Å². The van der Waals surface area contributed by atoms with Crippen molar-refractivity contribution >= 4 is 35.7 Å². The molecule has 0 aliphatic rings. The fraction of sp³-hybridized carbons (Fsp3) is 0. The Morgan fingerprint density at radius 2 is 2.00 bits per heavy atom. The van der Waals surface area contributed by atoms with Gasteiger partial charge in [-0.05, 0) is 12.1 Å². The smallest absolute Gasteiger partial charge is 0.232 e. The van der Waals surface area contributed by atoms with Gasteiger partial charge in [0, 0.05) is 10.6 Å². The molecule has 1 aromatic carbocycles. The first-order chi connectivity index (χ1) is 4.72. The van der Waals surface area contributed by atoms with Gasteiger partial charge < -0.3 is 4.58 Å². The standard InChI is InChI=1S/C6H7BNPS/c7-8(9)5-3-1-2-4-6(5)10/h1-4,10H,9H2. The van der Waals surface area contributed by atoms with Crippen molar-refractivity contribution in [2.75, 3.05) is 4.58 Å². The Kier molecular flexibility index (Phi) is 2.64. The molecule has 0 amide bonds. The van der Waals surface area contributed by atoms with E-state index in [-0.39, 0.29) is 0 Å². The van der Waals surface area contributed by atoms with Crippen molar-refractivity contribution in [3.63, 3.8) is 0 Å². The lowest BCUT2D eigenvalue weighted by Crippen LogP contribution is -2.02. The summed E-state index contributed by atoms with van der Waals surface area (Å²) in [7, 11) is 7.83. The second-order valence-corrected chi connectivity index (χ2v) is 2.93. The van der Waals surface area contributed by atoms with Crippen LogP contribution in [0.1, 0.15) is 0 Å². The predicted octanol–water partition coefficient (Wildman–Crippen LogP) is 1.66. The van der Waals surface area contributed by atoms with Gasteiger partial charge in [-0.25, -0.2) is 0 Å². The quantitative estimate of drug-likeness (QED) is 0.378. The van der Waals surface area contributed by atoms with Crippen molar-refractivity contribution in [1.82, 2.24) is 0 Å². The van der Waals surface area contributed by atoms with E-state index in [9.17, 15) is 0 Å². The molecule has 0 spiro atoms. The van der Waals surface area contributed by atoms with Crippen LogP contribution in [-0.2, 0) is 0 Å². The Hall–Kier alpha value is -0.135. The van der Waals surface area contributed by atoms with E-state index in [4.69, 9.17) is 7.98 Å². The Morgan fingerprint density at radius 3 is 2.40 bits per heavy atom. The van der Waals surface area contributed by atoms with E-state index < -0.39 is 0 Å². The monoisotopic (exact) mass is 167 g/mol. The molecular formula is C6H7BNPS. The van der Waals surface area contributed by atoms with E-state index in [1.54, 1.807) is 0 Å². The van der Waals surface area contributed by atoms with Crippen LogP contribution >= 0.6 is 22.0 Å². The number of hydrogen-bond acceptors (Lipinski definition) is 2. The summed E-state index contributed by atoms with van der Waals surface area (Å²) in [5, 5.41) is 0. The predicted molar refractivity (Wildman–Crippen MR) is 51.6 cm³/mol. The maximum atomic E-state index is 5.46. The molecule has 50 valence electrons. The third-order valence-electron chi connectivity index (χ3n) is 1.16. The van der Waals surface area contributed by atoms with Crippen LogP contribution in [0.4, 0.5) is 5.69 Å². The molecule has 0 aliphatic carbocycles. The molecule has 0 saturated carbocycles. The number of benzene rings is 1. The molecule has 0 aliphatic heterocycles. The molecule has 1 aromatic rings. The van der Waals surface area contributed by atoms with Crippen LogP contribution in [0.15, 0.2) is 29.2 Å². The summed E-state index contributed by atoms with van der Waals surface area (Å²) in [6, 6.07) is 7.62. The highest BCUT2D eigenvalue weighted by Gasteiger charge is 1.96. The van der Waals surface area contributed by atoms with Crippen molar-refractivity contribution in [1.29, 1.82) is 0 Å². The SMILES string of the molecule is [B]N(P)c1ccccc1S. The number of nitrogens with zero attached hydrogens (tertiary/aromatic N) is 1. The minimum absolute atomic E-state index is 0.875. The third kappa shape index (κ3) is 1.68. The van der Waals surface area contributed by atoms with Crippen LogP contribution in [0.3, 0.4) is 0 Å². The molecular weight excluding hydrogens is 160 g/mol. The van der Waals surface area contributed by atoms with E-state index in [0.29, 0.717) is 0 Å². The second kappa shape index (κ2) is 3.31. The van der Waals surface area contributed by atoms with Crippen LogP contribution in [-0.4, -0.2) is 7.98 Å². The fourth-order valence-corrected chi connectivity index (χ4v) is 1.29. The lowest BCUT2D eigenvalue weighted by molar-refractivity contribution is 1.42. The van der Waals surface area contributed by atoms with Gasteiger partial charge in [-0.15, -0.1) is 12.6 Å². The molecule has 1 rings (SSSR count). The van der Waals surface area contributed by atoms with Crippen molar-refractivity contribution < 1.29 is 0 Å². The van der Waals surface area contributed by atoms with Gasteiger partial charge in [-0.2, -0.15) is 0 Å². The van der Waals surface area contributed by atoms with Gasteiger partial charge in [-0.1, -0.05) is 21.5 Å². The molecule has 10 heavy (non-hydrogen) atoms. The summed E-state index contributed by atoms with van der Waals surface area (Å²) in [6.45, 7) is 0. The van der Waals surface area contributed by atoms with E-state index in [2.05, 4.69) is 22.0 Å². The Labute approximate surface area is 69.9 Å². The van der Waals surface area contributed by atoms with E-state index in [0.717, 1.165) is 10.6 Å². The first kappa shape index (κ1) is 7.97. The number of hydrogen-bond donors (Lipinski definition) is 1. The first-order valence-corrected chi connectivity index (χ1v) is 3.75. The topological polar surface area (TPSA) is 3.24 Å². The number of thiol groups is 1. The van der Waals surface area contributed by atoms with Crippen LogP contribution in [0, 0.1) is 0 Å². The van der Waals surface area contributed by atoms with Gasteiger partial charge in [-0.3, -0.25) is 0 Å². The highest BCUT2D eigenvalue weighted by molar-refractivity contribution is 7.80. The van der Waals surface area contributed by atoms with Crippen molar-refractivity contribution in [3.8, 4) is 0 Å². The highest BCUT2D eigenvalue weighted by atomic mass is 32.1. The zero-order valence-electron chi connectivity index (χ0n) is 5.36. The van der Waals surface area contributed by atoms with Crippen molar-refractivity contribution in [2.45, 2.75) is 4.90 Å². The first-order valence-electron chi connectivity index (χ1n) is 2.79. The van der Waals surface area contributed by atoms with Gasteiger partial charge in [0.05, 0.1) is 0 Å². The van der Waals surface area contributed by atoms with Gasteiger partial charge in [0.15, 0.2) is 0 Å². The van der Waals surface area contributed by atoms with Gasteiger partial charge >= 0.3 is 0 Å². The highest BCUT2D eigenvalue weighted by Crippen LogP contribution is 2.23. The molecule has 4 heteroatoms. The summed E-state index contributed by atoms with van der Waals surface area (Å²) in [5.74, 6) is 0. The Bertz CT molecular complexity index is 229. The third-order valence-corrected chi connectivity index (χ3v) is 1.82. The van der Waals surface area contributed by atoms with Gasteiger partial charge in [0.2, 0.25) is 7.98 Å². The molecule has 1 nitrogen and oxygen atoms in total. The van der Waals surface area contributed by atoms with Crippen molar-refractivity contribution in [2.24, 2.45) is 0 Å². The van der Waals surface area contributed by atoms with Crippen LogP contribution in [0.25, 0.3) is 0 Å². The summed E-state index contributed by atoms with van der Waals surface area (Å²) in [5.41, 5.74) is 0.899. The largest absolute Gasteiger partial charge is 0.409 e. The average Bonchev–Trinajstić information content (AvgIpc) is 1.88. The van der Waals surface area contributed by atoms with Crippen LogP contribution in [0.2, 0.25) is 0 Å². The molecule has 1 unspecified atom stereocenters. The molecule has 0 saturated heterocycles. The maximum absolute atomic E-state index is 5.46. The lowest BCUT2D eigenvalue weighted by atomic mass is 10.3. The molecule has 1 atom stereocenters. The average molecular weight is 167 g/mol. The summed E-state index contributed by atoms with van der Waals surface area (Å²) < 4.78 is 1.46. The number of rotatable bonds is 1. The van der Waals surface area contributed by atoms with E-state index in [1.807, 2.05) is 24.3 Å². The zero-order valence-corrected chi connectivity index (χ0v) is 7.41. The maximum Gasteiger partial charge on any atom is 0.232 e. The Balaban J connectivity index is 3.03. The molecule has 0 N–H and O–H groups in total.